The molecule has 11 nitrogen and oxygen atoms in total. The molecule has 2 heterocycles. The molecule has 21 heavy (non-hydrogen) atoms. The highest BCUT2D eigenvalue weighted by Gasteiger charge is 2.55. The van der Waals surface area contributed by atoms with Crippen molar-refractivity contribution in [2.75, 3.05) is 18.9 Å². The van der Waals surface area contributed by atoms with Crippen LogP contribution in [-0.4, -0.2) is 55.8 Å². The molecule has 0 aliphatic carbocycles. The Morgan fingerprint density at radius 2 is 2.24 bits per heavy atom. The number of ether oxygens (including phenoxy) is 1. The van der Waals surface area contributed by atoms with Crippen molar-refractivity contribution in [3.05, 3.63) is 33.2 Å². The molecule has 1 fully saturated rings. The topological polar surface area (TPSA) is 180 Å². The summed E-state index contributed by atoms with van der Waals surface area (Å²) >= 11 is 0. The molecular weight excluding hydrogens is 284 g/mol. The highest BCUT2D eigenvalue weighted by Crippen LogP contribution is 2.38. The second-order valence-electron chi connectivity index (χ2n) is 4.57. The number of nitrogen functional groups attached to an aromatic ring is 1. The Balaban J connectivity index is 2.47. The molecule has 2 rings (SSSR count). The number of anilines is 1. The minimum absolute atomic E-state index is 0.00841. The van der Waals surface area contributed by atoms with Gasteiger partial charge in [0.25, 0.3) is 0 Å². The van der Waals surface area contributed by atoms with E-state index in [-0.39, 0.29) is 5.82 Å². The second kappa shape index (κ2) is 5.68. The quantitative estimate of drug-likeness (QED) is 0.285. The third kappa shape index (κ3) is 2.44. The van der Waals surface area contributed by atoms with Gasteiger partial charge in [0, 0.05) is 11.1 Å². The molecule has 3 atom stereocenters. The molecule has 0 unspecified atom stereocenters. The first-order valence-corrected chi connectivity index (χ1v) is 5.95. The van der Waals surface area contributed by atoms with E-state index < -0.39 is 42.9 Å². The fourth-order valence-electron chi connectivity index (χ4n) is 2.23. The Bertz CT molecular complexity index is 623. The highest BCUT2D eigenvalue weighted by atomic mass is 16.6. The summed E-state index contributed by atoms with van der Waals surface area (Å²) in [6.07, 6.45) is -1.49. The van der Waals surface area contributed by atoms with Crippen LogP contribution in [0.1, 0.15) is 6.23 Å². The number of nitrogens with zero attached hydrogens (tertiary/aromatic N) is 5. The smallest absolute Gasteiger partial charge is 0.351 e. The van der Waals surface area contributed by atoms with E-state index in [4.69, 9.17) is 16.0 Å². The molecule has 1 aliphatic rings. The van der Waals surface area contributed by atoms with Gasteiger partial charge in [0.1, 0.15) is 23.6 Å². The SMILES string of the molecule is [N-]=[N+]=N[C@H]1[C@@H](O)[C@H](n2ccc(N)nc2=O)OC1(CO)CO. The summed E-state index contributed by atoms with van der Waals surface area (Å²) in [7, 11) is 0. The number of hydrogen-bond donors (Lipinski definition) is 4. The minimum Gasteiger partial charge on any atom is -0.393 e. The van der Waals surface area contributed by atoms with E-state index in [2.05, 4.69) is 15.0 Å². The molecule has 5 N–H and O–H groups in total. The van der Waals surface area contributed by atoms with Gasteiger partial charge in [-0.05, 0) is 11.6 Å². The highest BCUT2D eigenvalue weighted by molar-refractivity contribution is 5.23. The van der Waals surface area contributed by atoms with Gasteiger partial charge in [-0.15, -0.1) is 0 Å². The van der Waals surface area contributed by atoms with Crippen molar-refractivity contribution in [1.82, 2.24) is 9.55 Å². The van der Waals surface area contributed by atoms with E-state index in [0.717, 1.165) is 4.57 Å². The van der Waals surface area contributed by atoms with Crippen LogP contribution in [-0.2, 0) is 4.74 Å². The van der Waals surface area contributed by atoms with Crippen LogP contribution in [0, 0.1) is 0 Å². The van der Waals surface area contributed by atoms with Gasteiger partial charge < -0.3 is 25.8 Å². The van der Waals surface area contributed by atoms with Gasteiger partial charge in [0.05, 0.1) is 13.2 Å². The van der Waals surface area contributed by atoms with Gasteiger partial charge >= 0.3 is 5.69 Å². The second-order valence-corrected chi connectivity index (χ2v) is 4.57. The largest absolute Gasteiger partial charge is 0.393 e. The van der Waals surface area contributed by atoms with Crippen molar-refractivity contribution in [3.8, 4) is 0 Å². The minimum atomic E-state index is -1.70. The lowest BCUT2D eigenvalue weighted by molar-refractivity contribution is -0.132. The van der Waals surface area contributed by atoms with Crippen LogP contribution in [0.5, 0.6) is 0 Å². The van der Waals surface area contributed by atoms with Gasteiger partial charge in [-0.3, -0.25) is 4.57 Å². The number of azide groups is 1. The molecule has 0 radical (unpaired) electrons. The molecule has 0 bridgehead atoms. The maximum Gasteiger partial charge on any atom is 0.351 e. The molecule has 0 saturated carbocycles. The zero-order chi connectivity index (χ0) is 15.6. The van der Waals surface area contributed by atoms with Gasteiger partial charge in [-0.25, -0.2) is 4.79 Å². The van der Waals surface area contributed by atoms with Crippen LogP contribution in [0.4, 0.5) is 5.82 Å². The number of aromatic nitrogens is 2. The van der Waals surface area contributed by atoms with Crippen LogP contribution in [0.15, 0.2) is 22.2 Å². The van der Waals surface area contributed by atoms with Crippen molar-refractivity contribution >= 4 is 5.82 Å². The van der Waals surface area contributed by atoms with Gasteiger partial charge in [0.2, 0.25) is 0 Å². The number of aliphatic hydroxyl groups excluding tert-OH is 3. The first kappa shape index (κ1) is 15.2. The summed E-state index contributed by atoms with van der Waals surface area (Å²) in [6, 6.07) is 0.0461. The Hall–Kier alpha value is -2.17. The first-order valence-electron chi connectivity index (χ1n) is 5.95. The van der Waals surface area contributed by atoms with E-state index in [0.29, 0.717) is 0 Å². The van der Waals surface area contributed by atoms with Crippen molar-refractivity contribution < 1.29 is 20.1 Å². The molecule has 1 aromatic heterocycles. The molecule has 1 aromatic rings. The summed E-state index contributed by atoms with van der Waals surface area (Å²) < 4.78 is 6.34. The van der Waals surface area contributed by atoms with Gasteiger partial charge in [0.15, 0.2) is 6.23 Å². The number of rotatable bonds is 4. The van der Waals surface area contributed by atoms with Crippen LogP contribution in [0.25, 0.3) is 10.4 Å². The van der Waals surface area contributed by atoms with Crippen molar-refractivity contribution in [2.24, 2.45) is 5.11 Å². The van der Waals surface area contributed by atoms with E-state index in [1.165, 1.54) is 12.3 Å². The average Bonchev–Trinajstić information content (AvgIpc) is 2.74. The number of aliphatic hydroxyl groups is 3. The molecule has 0 amide bonds. The first-order chi connectivity index (χ1) is 9.99. The predicted octanol–water partition coefficient (Wildman–Crippen LogP) is -1.88. The van der Waals surface area contributed by atoms with Crippen molar-refractivity contribution in [3.63, 3.8) is 0 Å². The molecule has 1 aliphatic heterocycles. The van der Waals surface area contributed by atoms with Crippen LogP contribution in [0.2, 0.25) is 0 Å². The van der Waals surface area contributed by atoms with Crippen LogP contribution >= 0.6 is 0 Å². The summed E-state index contributed by atoms with van der Waals surface area (Å²) in [4.78, 5) is 17.8. The van der Waals surface area contributed by atoms with Crippen molar-refractivity contribution in [1.29, 1.82) is 0 Å². The third-order valence-corrected chi connectivity index (χ3v) is 3.35. The van der Waals surface area contributed by atoms with Crippen molar-refractivity contribution in [2.45, 2.75) is 24.0 Å². The van der Waals surface area contributed by atoms with Gasteiger partial charge in [-0.1, -0.05) is 5.11 Å². The standard InChI is InChI=1S/C10H14N6O5/c11-5-1-2-16(9(20)13-5)8-6(19)7(14-15-12)10(3-17,4-18)21-8/h1-2,6-8,17-19H,3-4H2,(H2,11,13,20)/t6-,7+,8-/m1/s1. The monoisotopic (exact) mass is 298 g/mol. The molecular formula is C10H14N6O5. The van der Waals surface area contributed by atoms with Crippen LogP contribution < -0.4 is 11.4 Å². The Morgan fingerprint density at radius 1 is 1.57 bits per heavy atom. The zero-order valence-corrected chi connectivity index (χ0v) is 10.8. The maximum absolute atomic E-state index is 11.8. The Morgan fingerprint density at radius 3 is 2.76 bits per heavy atom. The number of nitrogens with two attached hydrogens (primary N) is 1. The van der Waals surface area contributed by atoms with Crippen LogP contribution in [0.3, 0.4) is 0 Å². The zero-order valence-electron chi connectivity index (χ0n) is 10.8. The summed E-state index contributed by atoms with van der Waals surface area (Å²) in [5, 5.41) is 32.4. The Kier molecular flexibility index (Phi) is 4.11. The summed E-state index contributed by atoms with van der Waals surface area (Å²) in [5.41, 5.74) is 11.4. The van der Waals surface area contributed by atoms with E-state index in [1.807, 2.05) is 0 Å². The lowest BCUT2D eigenvalue weighted by Crippen LogP contribution is -2.48. The molecule has 0 aromatic carbocycles. The third-order valence-electron chi connectivity index (χ3n) is 3.35. The summed E-state index contributed by atoms with van der Waals surface area (Å²) in [5.74, 6) is -0.00841. The summed E-state index contributed by atoms with van der Waals surface area (Å²) in [6.45, 7) is -1.42. The maximum atomic E-state index is 11.8. The van der Waals surface area contributed by atoms with E-state index in [9.17, 15) is 20.1 Å². The molecule has 114 valence electrons. The number of hydrogen-bond acceptors (Lipinski definition) is 8. The van der Waals surface area contributed by atoms with E-state index >= 15 is 0 Å². The average molecular weight is 298 g/mol. The lowest BCUT2D eigenvalue weighted by atomic mass is 9.95. The van der Waals surface area contributed by atoms with E-state index in [1.54, 1.807) is 0 Å². The molecule has 0 spiro atoms. The lowest BCUT2D eigenvalue weighted by Gasteiger charge is -2.27. The molecule has 1 saturated heterocycles. The Labute approximate surface area is 117 Å². The normalized spacial score (nSPS) is 27.3. The predicted molar refractivity (Wildman–Crippen MR) is 68.9 cm³/mol. The fraction of sp³-hybridized carbons (Fsp3) is 0.600. The van der Waals surface area contributed by atoms with Gasteiger partial charge in [-0.2, -0.15) is 4.98 Å². The molecule has 11 heteroatoms. The fourth-order valence-corrected chi connectivity index (χ4v) is 2.23.